The zero-order chi connectivity index (χ0) is 24.4. The molecular weight excluding hydrogens is 444 g/mol. The molecule has 0 radical (unpaired) electrons. The number of aromatic hydroxyl groups is 1. The first kappa shape index (κ1) is 26.5. The van der Waals surface area contributed by atoms with E-state index in [1.165, 1.54) is 12.1 Å². The van der Waals surface area contributed by atoms with Crippen molar-refractivity contribution in [2.45, 2.75) is 45.3 Å². The van der Waals surface area contributed by atoms with Crippen molar-refractivity contribution in [3.8, 4) is 11.5 Å². The van der Waals surface area contributed by atoms with Gasteiger partial charge in [0.05, 0.1) is 11.8 Å². The van der Waals surface area contributed by atoms with Gasteiger partial charge in [-0.15, -0.1) is 0 Å². The Balaban J connectivity index is 2.34. The number of hydroxylamine groups is 1. The van der Waals surface area contributed by atoms with E-state index in [1.807, 2.05) is 51.1 Å². The molecule has 0 heterocycles. The average Bonchev–Trinajstić information content (AvgIpc) is 2.79. The molecule has 1 amide bonds. The Bertz CT molecular complexity index is 983. The number of carbonyl (C=O) groups is 1. The fourth-order valence-corrected chi connectivity index (χ4v) is 5.79. The van der Waals surface area contributed by atoms with E-state index in [-0.39, 0.29) is 36.4 Å². The highest BCUT2D eigenvalue weighted by molar-refractivity contribution is 7.89. The Morgan fingerprint density at radius 1 is 1.09 bits per heavy atom. The number of phenolic OH excluding ortho intramolecular Hbond substituents is 1. The van der Waals surface area contributed by atoms with Crippen LogP contribution >= 0.6 is 0 Å². The fraction of sp³-hybridized carbons (Fsp3) is 0.458. The van der Waals surface area contributed by atoms with Crippen LogP contribution in [0.3, 0.4) is 0 Å². The summed E-state index contributed by atoms with van der Waals surface area (Å²) in [6.07, 6.45) is 0.260. The molecule has 9 heteroatoms. The first-order valence-corrected chi connectivity index (χ1v) is 12.6. The predicted molar refractivity (Wildman–Crippen MR) is 128 cm³/mol. The molecule has 0 spiro atoms. The molecule has 0 fully saturated rings. The van der Waals surface area contributed by atoms with E-state index in [0.717, 1.165) is 10.0 Å². The molecule has 0 bridgehead atoms. The molecule has 0 aliphatic heterocycles. The maximum Gasteiger partial charge on any atom is 0.404 e. The second kappa shape index (κ2) is 12.5. The van der Waals surface area contributed by atoms with E-state index in [0.29, 0.717) is 19.3 Å². The van der Waals surface area contributed by atoms with E-state index in [4.69, 9.17) is 9.94 Å². The smallest absolute Gasteiger partial charge is 0.404 e. The van der Waals surface area contributed by atoms with E-state index in [2.05, 4.69) is 5.32 Å². The molecule has 0 saturated heterocycles. The van der Waals surface area contributed by atoms with Gasteiger partial charge < -0.3 is 20.4 Å². The minimum atomic E-state index is -3.97. The number of carboxylic acid groups (broad SMARTS) is 1. The molecule has 33 heavy (non-hydrogen) atoms. The second-order valence-electron chi connectivity index (χ2n) is 8.22. The topological polar surface area (TPSA) is 116 Å². The monoisotopic (exact) mass is 478 g/mol. The van der Waals surface area contributed by atoms with Crippen LogP contribution in [0.2, 0.25) is 0 Å². The highest BCUT2D eigenvalue weighted by Crippen LogP contribution is 2.31. The van der Waals surface area contributed by atoms with E-state index >= 15 is 0 Å². The highest BCUT2D eigenvalue weighted by Gasteiger charge is 2.39. The van der Waals surface area contributed by atoms with Gasteiger partial charge in [-0.3, -0.25) is 0 Å². The molecule has 0 aliphatic rings. The van der Waals surface area contributed by atoms with Gasteiger partial charge in [0.25, 0.3) is 0 Å². The number of amides is 1. The molecule has 3 N–H and O–H groups in total. The molecule has 3 atom stereocenters. The largest absolute Gasteiger partial charge is 0.504 e. The van der Waals surface area contributed by atoms with Crippen molar-refractivity contribution in [1.29, 1.82) is 0 Å². The molecule has 2 aromatic carbocycles. The van der Waals surface area contributed by atoms with Crippen molar-refractivity contribution < 1.29 is 28.3 Å². The Kier molecular flexibility index (Phi) is 9.99. The third kappa shape index (κ3) is 7.64. The molecule has 2 unspecified atom stereocenters. The Hall–Kier alpha value is -2.78. The van der Waals surface area contributed by atoms with Gasteiger partial charge in [-0.1, -0.05) is 63.2 Å². The van der Waals surface area contributed by atoms with Crippen LogP contribution in [0.1, 0.15) is 39.2 Å². The number of nitrogens with one attached hydrogen (secondary N) is 1. The van der Waals surface area contributed by atoms with Gasteiger partial charge in [0, 0.05) is 6.54 Å². The van der Waals surface area contributed by atoms with Crippen LogP contribution in [0.4, 0.5) is 4.79 Å². The number of phenols is 1. The summed E-state index contributed by atoms with van der Waals surface area (Å²) < 4.78 is 28.6. The number of benzene rings is 2. The van der Waals surface area contributed by atoms with Gasteiger partial charge in [0.2, 0.25) is 10.0 Å². The molecular formula is C24H34N2O6S. The summed E-state index contributed by atoms with van der Waals surface area (Å²) in [5.74, 6) is -0.686. The molecule has 2 aromatic rings. The molecule has 8 nitrogen and oxygen atoms in total. The molecule has 0 aromatic heterocycles. The fourth-order valence-electron chi connectivity index (χ4n) is 3.64. The van der Waals surface area contributed by atoms with Gasteiger partial charge in [-0.25, -0.2) is 13.2 Å². The summed E-state index contributed by atoms with van der Waals surface area (Å²) in [6.45, 7) is 5.76. The summed E-state index contributed by atoms with van der Waals surface area (Å²) in [7, 11) is -3.97. The standard InChI is InChI=1S/C24H34N2O6S/c1-4-16-26(32-22-13-9-8-12-21(22)27)33(30,31)23(15-14-20-10-6-5-7-11-20)19(3)18(2)17-25-24(28)29/h5-13,18-19,23,25,27H,4,14-17H2,1-3H3,(H,28,29)/t18?,19?,23-/m1/s1. The van der Waals surface area contributed by atoms with Gasteiger partial charge in [-0.05, 0) is 53.3 Å². The first-order valence-electron chi connectivity index (χ1n) is 11.1. The SMILES string of the molecule is CCCN(Oc1ccccc1O)S(=O)(=O)[C@H](CCc1ccccc1)C(C)C(C)CNC(=O)O. The number of rotatable bonds is 13. The summed E-state index contributed by atoms with van der Waals surface area (Å²) >= 11 is 0. The number of para-hydroxylation sites is 2. The summed E-state index contributed by atoms with van der Waals surface area (Å²) in [5, 5.41) is 20.6. The van der Waals surface area contributed by atoms with Crippen LogP contribution in [0.15, 0.2) is 54.6 Å². The van der Waals surface area contributed by atoms with Gasteiger partial charge in [0.1, 0.15) is 0 Å². The Labute approximate surface area is 196 Å². The zero-order valence-electron chi connectivity index (χ0n) is 19.3. The predicted octanol–water partition coefficient (Wildman–Crippen LogP) is 4.27. The Morgan fingerprint density at radius 2 is 1.73 bits per heavy atom. The molecule has 0 saturated carbocycles. The number of hydrogen-bond donors (Lipinski definition) is 3. The van der Waals surface area contributed by atoms with Crippen molar-refractivity contribution in [2.24, 2.45) is 11.8 Å². The zero-order valence-corrected chi connectivity index (χ0v) is 20.2. The summed E-state index contributed by atoms with van der Waals surface area (Å²) in [4.78, 5) is 16.6. The minimum absolute atomic E-state index is 0.0598. The lowest BCUT2D eigenvalue weighted by molar-refractivity contribution is 0.0304. The number of aryl methyl sites for hydroxylation is 1. The summed E-state index contributed by atoms with van der Waals surface area (Å²) in [5.41, 5.74) is 1.02. The van der Waals surface area contributed by atoms with Crippen LogP contribution < -0.4 is 10.2 Å². The number of sulfonamides is 1. The van der Waals surface area contributed by atoms with Crippen LogP contribution in [0.25, 0.3) is 0 Å². The summed E-state index contributed by atoms with van der Waals surface area (Å²) in [6, 6.07) is 15.8. The number of hydrogen-bond acceptors (Lipinski definition) is 5. The minimum Gasteiger partial charge on any atom is -0.504 e. The van der Waals surface area contributed by atoms with Gasteiger partial charge >= 0.3 is 6.09 Å². The third-order valence-corrected chi connectivity index (χ3v) is 8.01. The van der Waals surface area contributed by atoms with Gasteiger partial charge in [-0.2, -0.15) is 0 Å². The lowest BCUT2D eigenvalue weighted by Gasteiger charge is -2.33. The van der Waals surface area contributed by atoms with Crippen molar-refractivity contribution in [3.63, 3.8) is 0 Å². The maximum atomic E-state index is 13.8. The van der Waals surface area contributed by atoms with E-state index < -0.39 is 21.4 Å². The van der Waals surface area contributed by atoms with E-state index in [9.17, 15) is 18.3 Å². The third-order valence-electron chi connectivity index (χ3n) is 5.76. The quantitative estimate of drug-likeness (QED) is 0.370. The second-order valence-corrected chi connectivity index (χ2v) is 10.3. The lowest BCUT2D eigenvalue weighted by atomic mass is 9.89. The molecule has 2 rings (SSSR count). The highest BCUT2D eigenvalue weighted by atomic mass is 32.2. The van der Waals surface area contributed by atoms with Crippen LogP contribution in [0, 0.1) is 11.8 Å². The van der Waals surface area contributed by atoms with E-state index in [1.54, 1.807) is 12.1 Å². The average molecular weight is 479 g/mol. The molecule has 182 valence electrons. The van der Waals surface area contributed by atoms with Crippen LogP contribution in [-0.2, 0) is 16.4 Å². The van der Waals surface area contributed by atoms with Gasteiger partial charge in [0.15, 0.2) is 11.5 Å². The van der Waals surface area contributed by atoms with Crippen molar-refractivity contribution >= 4 is 16.1 Å². The number of nitrogens with zero attached hydrogens (tertiary/aromatic N) is 1. The van der Waals surface area contributed by atoms with Crippen molar-refractivity contribution in [3.05, 3.63) is 60.2 Å². The molecule has 0 aliphatic carbocycles. The normalized spacial score (nSPS) is 14.4. The van der Waals surface area contributed by atoms with Crippen LogP contribution in [0.5, 0.6) is 11.5 Å². The Morgan fingerprint density at radius 3 is 2.33 bits per heavy atom. The van der Waals surface area contributed by atoms with Crippen molar-refractivity contribution in [2.75, 3.05) is 13.1 Å². The maximum absolute atomic E-state index is 13.8. The van der Waals surface area contributed by atoms with Crippen molar-refractivity contribution in [1.82, 2.24) is 9.79 Å². The first-order chi connectivity index (χ1) is 15.7. The lowest BCUT2D eigenvalue weighted by Crippen LogP contribution is -2.46. The van der Waals surface area contributed by atoms with Crippen LogP contribution in [-0.4, -0.2) is 47.5 Å².